The first-order valence-electron chi connectivity index (χ1n) is 10.4. The Kier molecular flexibility index (Phi) is 6.72. The van der Waals surface area contributed by atoms with E-state index in [1.807, 2.05) is 36.4 Å². The van der Waals surface area contributed by atoms with E-state index in [2.05, 4.69) is 15.4 Å². The molecule has 2 aromatic carbocycles. The summed E-state index contributed by atoms with van der Waals surface area (Å²) in [7, 11) is 0. The molecule has 7 nitrogen and oxygen atoms in total. The van der Waals surface area contributed by atoms with E-state index < -0.39 is 5.97 Å². The van der Waals surface area contributed by atoms with Gasteiger partial charge in [-0.25, -0.2) is 9.89 Å². The van der Waals surface area contributed by atoms with E-state index in [4.69, 9.17) is 25.8 Å². The average molecular weight is 442 g/mol. The fourth-order valence-electron chi connectivity index (χ4n) is 3.68. The third kappa shape index (κ3) is 5.17. The Morgan fingerprint density at radius 2 is 1.94 bits per heavy atom. The number of H-pyrrole nitrogens is 1. The Hall–Kier alpha value is -3.06. The first-order valence-corrected chi connectivity index (χ1v) is 10.8. The highest BCUT2D eigenvalue weighted by molar-refractivity contribution is 6.30. The second-order valence-electron chi connectivity index (χ2n) is 7.44. The van der Waals surface area contributed by atoms with Crippen LogP contribution in [0.5, 0.6) is 17.4 Å². The first kappa shape index (κ1) is 21.2. The molecule has 0 amide bonds. The van der Waals surface area contributed by atoms with Crippen LogP contribution in [0.3, 0.4) is 0 Å². The molecule has 3 aromatic rings. The minimum Gasteiger partial charge on any atom is -0.493 e. The van der Waals surface area contributed by atoms with Crippen LogP contribution in [0, 0.1) is 5.92 Å². The number of aromatic amines is 1. The molecule has 1 aliphatic rings. The molecule has 0 bridgehead atoms. The summed E-state index contributed by atoms with van der Waals surface area (Å²) in [5, 5.41) is 10.7. The molecule has 1 saturated carbocycles. The predicted molar refractivity (Wildman–Crippen MR) is 117 cm³/mol. The van der Waals surface area contributed by atoms with Gasteiger partial charge in [0.15, 0.2) is 0 Å². The molecular weight excluding hydrogens is 418 g/mol. The van der Waals surface area contributed by atoms with Gasteiger partial charge >= 0.3 is 5.97 Å². The lowest BCUT2D eigenvalue weighted by molar-refractivity contribution is 0.0516. The molecule has 0 unspecified atom stereocenters. The molecule has 1 aromatic heterocycles. The fraction of sp³-hybridized carbons (Fsp3) is 0.348. The summed E-state index contributed by atoms with van der Waals surface area (Å²) in [6, 6.07) is 13.1. The molecule has 1 aliphatic carbocycles. The fourth-order valence-corrected chi connectivity index (χ4v) is 3.80. The monoisotopic (exact) mass is 441 g/mol. The maximum Gasteiger partial charge on any atom is 0.362 e. The van der Waals surface area contributed by atoms with Gasteiger partial charge in [-0.05, 0) is 55.5 Å². The van der Waals surface area contributed by atoms with Gasteiger partial charge < -0.3 is 14.2 Å². The quantitative estimate of drug-likeness (QED) is 0.453. The number of benzene rings is 2. The molecule has 1 heterocycles. The Labute approximate surface area is 185 Å². The smallest absolute Gasteiger partial charge is 0.362 e. The third-order valence-electron chi connectivity index (χ3n) is 5.27. The summed E-state index contributed by atoms with van der Waals surface area (Å²) in [5.74, 6) is 1.23. The van der Waals surface area contributed by atoms with Gasteiger partial charge in [0.25, 0.3) is 5.88 Å². The van der Waals surface area contributed by atoms with Gasteiger partial charge in [-0.3, -0.25) is 0 Å². The summed E-state index contributed by atoms with van der Waals surface area (Å²) in [6.45, 7) is 2.62. The van der Waals surface area contributed by atoms with Crippen LogP contribution in [0.15, 0.2) is 42.5 Å². The zero-order valence-corrected chi connectivity index (χ0v) is 18.0. The van der Waals surface area contributed by atoms with Crippen LogP contribution in [0.4, 0.5) is 0 Å². The number of carbonyl (C=O) groups is 1. The average Bonchev–Trinajstić information content (AvgIpc) is 3.45. The van der Waals surface area contributed by atoms with E-state index >= 15 is 0 Å². The molecule has 0 atom stereocenters. The van der Waals surface area contributed by atoms with Crippen molar-refractivity contribution in [3.8, 4) is 28.5 Å². The SMILES string of the molecule is CCOC(=O)c1[nH]nnc1Oc1ccc(-c2ccc(Cl)cc2)c(OCC2CCCC2)c1. The number of ether oxygens (including phenoxy) is 3. The highest BCUT2D eigenvalue weighted by Crippen LogP contribution is 2.36. The second-order valence-corrected chi connectivity index (χ2v) is 7.88. The molecule has 0 saturated heterocycles. The van der Waals surface area contributed by atoms with Crippen LogP contribution in [0.2, 0.25) is 5.02 Å². The third-order valence-corrected chi connectivity index (χ3v) is 5.52. The molecular formula is C23H24ClN3O4. The molecule has 4 rings (SSSR count). The normalized spacial score (nSPS) is 13.9. The molecule has 31 heavy (non-hydrogen) atoms. The number of esters is 1. The number of aromatic nitrogens is 3. The summed E-state index contributed by atoms with van der Waals surface area (Å²) >= 11 is 6.05. The van der Waals surface area contributed by atoms with Crippen molar-refractivity contribution in [1.29, 1.82) is 0 Å². The lowest BCUT2D eigenvalue weighted by atomic mass is 10.0. The summed E-state index contributed by atoms with van der Waals surface area (Å²) in [5.41, 5.74) is 2.00. The summed E-state index contributed by atoms with van der Waals surface area (Å²) < 4.78 is 17.1. The maximum absolute atomic E-state index is 12.1. The lowest BCUT2D eigenvalue weighted by Crippen LogP contribution is -2.09. The van der Waals surface area contributed by atoms with Crippen molar-refractivity contribution < 1.29 is 19.0 Å². The Morgan fingerprint density at radius 3 is 2.68 bits per heavy atom. The Bertz CT molecular complexity index is 1030. The van der Waals surface area contributed by atoms with Crippen molar-refractivity contribution in [2.24, 2.45) is 5.92 Å². The Morgan fingerprint density at radius 1 is 1.16 bits per heavy atom. The van der Waals surface area contributed by atoms with E-state index in [1.54, 1.807) is 13.0 Å². The van der Waals surface area contributed by atoms with Crippen molar-refractivity contribution in [3.05, 3.63) is 53.2 Å². The van der Waals surface area contributed by atoms with E-state index in [1.165, 1.54) is 25.7 Å². The van der Waals surface area contributed by atoms with Gasteiger partial charge in [-0.1, -0.05) is 46.9 Å². The van der Waals surface area contributed by atoms with Gasteiger partial charge in [0.2, 0.25) is 5.69 Å². The van der Waals surface area contributed by atoms with Gasteiger partial charge in [0.1, 0.15) is 11.5 Å². The minimum absolute atomic E-state index is 0.0550. The molecule has 8 heteroatoms. The summed E-state index contributed by atoms with van der Waals surface area (Å²) in [6.07, 6.45) is 4.89. The second kappa shape index (κ2) is 9.83. The molecule has 1 fully saturated rings. The van der Waals surface area contributed by atoms with Crippen LogP contribution in [0.1, 0.15) is 43.1 Å². The van der Waals surface area contributed by atoms with Crippen LogP contribution in [-0.4, -0.2) is 34.6 Å². The lowest BCUT2D eigenvalue weighted by Gasteiger charge is -2.16. The van der Waals surface area contributed by atoms with E-state index in [0.717, 1.165) is 11.1 Å². The van der Waals surface area contributed by atoms with Gasteiger partial charge in [0, 0.05) is 16.7 Å². The molecule has 162 valence electrons. The zero-order chi connectivity index (χ0) is 21.6. The number of hydrogen-bond donors (Lipinski definition) is 1. The number of rotatable bonds is 8. The van der Waals surface area contributed by atoms with Gasteiger partial charge in [0.05, 0.1) is 13.2 Å². The van der Waals surface area contributed by atoms with Crippen molar-refractivity contribution in [2.75, 3.05) is 13.2 Å². The predicted octanol–water partition coefficient (Wildman–Crippen LogP) is 5.66. The Balaban J connectivity index is 1.60. The van der Waals surface area contributed by atoms with Crippen LogP contribution >= 0.6 is 11.6 Å². The van der Waals surface area contributed by atoms with Crippen molar-refractivity contribution in [2.45, 2.75) is 32.6 Å². The van der Waals surface area contributed by atoms with Crippen LogP contribution in [0.25, 0.3) is 11.1 Å². The highest BCUT2D eigenvalue weighted by atomic mass is 35.5. The first-order chi connectivity index (χ1) is 15.1. The maximum atomic E-state index is 12.1. The van der Waals surface area contributed by atoms with Crippen molar-refractivity contribution in [1.82, 2.24) is 15.4 Å². The number of nitrogens with one attached hydrogen (secondary N) is 1. The van der Waals surface area contributed by atoms with Gasteiger partial charge in [-0.15, -0.1) is 0 Å². The molecule has 0 aliphatic heterocycles. The van der Waals surface area contributed by atoms with Crippen LogP contribution < -0.4 is 9.47 Å². The molecule has 0 spiro atoms. The van der Waals surface area contributed by atoms with Crippen molar-refractivity contribution in [3.63, 3.8) is 0 Å². The van der Waals surface area contributed by atoms with E-state index in [-0.39, 0.29) is 18.2 Å². The molecule has 0 radical (unpaired) electrons. The molecule has 1 N–H and O–H groups in total. The number of carbonyl (C=O) groups excluding carboxylic acids is 1. The van der Waals surface area contributed by atoms with E-state index in [9.17, 15) is 4.79 Å². The standard InChI is InChI=1S/C23H24ClN3O4/c1-2-29-23(28)21-22(26-27-25-21)31-18-11-12-19(16-7-9-17(24)10-8-16)20(13-18)30-14-15-5-3-4-6-15/h7-13,15H,2-6,14H2,1H3,(H,25,26,27). The van der Waals surface area contributed by atoms with Gasteiger partial charge in [-0.2, -0.15) is 0 Å². The minimum atomic E-state index is -0.571. The largest absolute Gasteiger partial charge is 0.493 e. The van der Waals surface area contributed by atoms with Crippen molar-refractivity contribution >= 4 is 17.6 Å². The summed E-state index contributed by atoms with van der Waals surface area (Å²) in [4.78, 5) is 12.1. The highest BCUT2D eigenvalue weighted by Gasteiger charge is 2.20. The number of nitrogens with zero attached hydrogens (tertiary/aromatic N) is 2. The zero-order valence-electron chi connectivity index (χ0n) is 17.3. The van der Waals surface area contributed by atoms with Crippen LogP contribution in [-0.2, 0) is 4.74 Å². The number of hydrogen-bond acceptors (Lipinski definition) is 6. The van der Waals surface area contributed by atoms with E-state index in [0.29, 0.717) is 29.0 Å². The number of halogens is 1. The topological polar surface area (TPSA) is 86.3 Å².